The lowest BCUT2D eigenvalue weighted by Crippen LogP contribution is -2.42. The zero-order valence-electron chi connectivity index (χ0n) is 12.5. The first-order valence-electron chi connectivity index (χ1n) is 7.52. The molecular formula is C15H25N3O2. The van der Waals surface area contributed by atoms with Gasteiger partial charge in [-0.15, -0.1) is 0 Å². The van der Waals surface area contributed by atoms with E-state index < -0.39 is 0 Å². The van der Waals surface area contributed by atoms with Gasteiger partial charge in [0.05, 0.1) is 19.5 Å². The monoisotopic (exact) mass is 279 g/mol. The van der Waals surface area contributed by atoms with Crippen molar-refractivity contribution in [3.8, 4) is 0 Å². The van der Waals surface area contributed by atoms with E-state index >= 15 is 0 Å². The number of hydrogen-bond donors (Lipinski definition) is 1. The van der Waals surface area contributed by atoms with Crippen molar-refractivity contribution in [3.63, 3.8) is 0 Å². The molecule has 20 heavy (non-hydrogen) atoms. The van der Waals surface area contributed by atoms with Gasteiger partial charge in [0.15, 0.2) is 0 Å². The van der Waals surface area contributed by atoms with Gasteiger partial charge in [0.1, 0.15) is 5.60 Å². The molecule has 112 valence electrons. The molecule has 0 saturated carbocycles. The fraction of sp³-hybridized carbons (Fsp3) is 0.800. The Labute approximate surface area is 120 Å². The predicted octanol–water partition coefficient (Wildman–Crippen LogP) is 1.33. The average Bonchev–Trinajstić information content (AvgIpc) is 3.10. The van der Waals surface area contributed by atoms with Gasteiger partial charge in [0.25, 0.3) is 0 Å². The second kappa shape index (κ2) is 5.47. The second-order valence-corrected chi connectivity index (χ2v) is 6.41. The number of nitrogens with one attached hydrogen (secondary N) is 1. The number of piperidine rings is 1. The van der Waals surface area contributed by atoms with Crippen LogP contribution in [0.25, 0.3) is 0 Å². The van der Waals surface area contributed by atoms with Crippen LogP contribution in [0.4, 0.5) is 0 Å². The zero-order valence-corrected chi connectivity index (χ0v) is 12.5. The molecule has 3 heterocycles. The Hall–Kier alpha value is -0.910. The minimum absolute atomic E-state index is 0.182. The van der Waals surface area contributed by atoms with Crippen LogP contribution < -0.4 is 5.32 Å². The number of ether oxygens (including phenoxy) is 2. The Morgan fingerprint density at radius 2 is 2.20 bits per heavy atom. The van der Waals surface area contributed by atoms with E-state index in [1.807, 2.05) is 12.5 Å². The number of imidazole rings is 1. The highest BCUT2D eigenvalue weighted by atomic mass is 16.5. The molecule has 2 aliphatic rings. The SMILES string of the molecule is COC1(Cn2cncc2C2(C)CCNCC2)CCOC1. The molecule has 0 aliphatic carbocycles. The van der Waals surface area contributed by atoms with Crippen LogP contribution in [0.3, 0.4) is 0 Å². The van der Waals surface area contributed by atoms with Crippen molar-refractivity contribution < 1.29 is 9.47 Å². The largest absolute Gasteiger partial charge is 0.378 e. The molecule has 0 aromatic carbocycles. The van der Waals surface area contributed by atoms with Crippen molar-refractivity contribution in [1.82, 2.24) is 14.9 Å². The van der Waals surface area contributed by atoms with Crippen LogP contribution in [0.1, 0.15) is 31.9 Å². The summed E-state index contributed by atoms with van der Waals surface area (Å²) in [7, 11) is 1.79. The van der Waals surface area contributed by atoms with Crippen molar-refractivity contribution in [1.29, 1.82) is 0 Å². The van der Waals surface area contributed by atoms with Gasteiger partial charge < -0.3 is 19.4 Å². The maximum Gasteiger partial charge on any atom is 0.111 e. The Bertz CT molecular complexity index is 446. The molecule has 1 N–H and O–H groups in total. The van der Waals surface area contributed by atoms with Crippen LogP contribution >= 0.6 is 0 Å². The Balaban J connectivity index is 1.83. The Morgan fingerprint density at radius 3 is 2.85 bits per heavy atom. The molecule has 0 amide bonds. The van der Waals surface area contributed by atoms with Gasteiger partial charge in [-0.2, -0.15) is 0 Å². The van der Waals surface area contributed by atoms with E-state index in [2.05, 4.69) is 21.8 Å². The molecule has 0 radical (unpaired) electrons. The van der Waals surface area contributed by atoms with E-state index in [9.17, 15) is 0 Å². The standard InChI is InChI=1S/C15H25N3O2/c1-14(3-6-16-7-4-14)13-9-17-12-18(13)10-15(19-2)5-8-20-11-15/h9,12,16H,3-8,10-11H2,1-2H3. The molecule has 1 aromatic heterocycles. The minimum atomic E-state index is -0.182. The number of aromatic nitrogens is 2. The molecular weight excluding hydrogens is 254 g/mol. The van der Waals surface area contributed by atoms with Gasteiger partial charge in [0, 0.05) is 37.4 Å². The summed E-state index contributed by atoms with van der Waals surface area (Å²) >= 11 is 0. The predicted molar refractivity (Wildman–Crippen MR) is 76.9 cm³/mol. The van der Waals surface area contributed by atoms with E-state index in [-0.39, 0.29) is 11.0 Å². The normalized spacial score (nSPS) is 29.7. The zero-order chi connectivity index (χ0) is 14.1. The van der Waals surface area contributed by atoms with Crippen LogP contribution in [0.15, 0.2) is 12.5 Å². The van der Waals surface area contributed by atoms with Gasteiger partial charge in [-0.3, -0.25) is 0 Å². The number of hydrogen-bond acceptors (Lipinski definition) is 4. The van der Waals surface area contributed by atoms with Gasteiger partial charge in [-0.1, -0.05) is 6.92 Å². The van der Waals surface area contributed by atoms with Crippen LogP contribution in [0.2, 0.25) is 0 Å². The highest BCUT2D eigenvalue weighted by Crippen LogP contribution is 2.34. The molecule has 2 fully saturated rings. The molecule has 5 nitrogen and oxygen atoms in total. The van der Waals surface area contributed by atoms with Gasteiger partial charge in [-0.05, 0) is 25.9 Å². The van der Waals surface area contributed by atoms with Crippen molar-refractivity contribution in [2.45, 2.75) is 43.7 Å². The molecule has 3 rings (SSSR count). The summed E-state index contributed by atoms with van der Waals surface area (Å²) in [4.78, 5) is 4.40. The molecule has 2 saturated heterocycles. The smallest absolute Gasteiger partial charge is 0.111 e. The van der Waals surface area contributed by atoms with Crippen LogP contribution in [0, 0.1) is 0 Å². The van der Waals surface area contributed by atoms with E-state index in [1.165, 1.54) is 5.69 Å². The highest BCUT2D eigenvalue weighted by Gasteiger charge is 2.38. The topological polar surface area (TPSA) is 48.3 Å². The quantitative estimate of drug-likeness (QED) is 0.903. The Morgan fingerprint density at radius 1 is 1.40 bits per heavy atom. The minimum Gasteiger partial charge on any atom is -0.378 e. The molecule has 5 heteroatoms. The summed E-state index contributed by atoms with van der Waals surface area (Å²) in [6.07, 6.45) is 7.26. The summed E-state index contributed by atoms with van der Waals surface area (Å²) in [6, 6.07) is 0. The van der Waals surface area contributed by atoms with E-state index in [4.69, 9.17) is 9.47 Å². The number of nitrogens with zero attached hydrogens (tertiary/aromatic N) is 2. The fourth-order valence-corrected chi connectivity index (χ4v) is 3.43. The van der Waals surface area contributed by atoms with Crippen molar-refractivity contribution in [2.24, 2.45) is 0 Å². The third-order valence-corrected chi connectivity index (χ3v) is 5.00. The third-order valence-electron chi connectivity index (χ3n) is 5.00. The Kier molecular flexibility index (Phi) is 3.84. The van der Waals surface area contributed by atoms with Crippen LogP contribution in [-0.2, 0) is 21.4 Å². The molecule has 1 aromatic rings. The van der Waals surface area contributed by atoms with Crippen LogP contribution in [0.5, 0.6) is 0 Å². The van der Waals surface area contributed by atoms with Crippen molar-refractivity contribution >= 4 is 0 Å². The van der Waals surface area contributed by atoms with Gasteiger partial charge in [0.2, 0.25) is 0 Å². The first-order valence-corrected chi connectivity index (χ1v) is 7.52. The maximum absolute atomic E-state index is 5.76. The summed E-state index contributed by atoms with van der Waals surface area (Å²) in [5.74, 6) is 0. The summed E-state index contributed by atoms with van der Waals surface area (Å²) in [5.41, 5.74) is 1.37. The molecule has 2 aliphatic heterocycles. The highest BCUT2D eigenvalue weighted by molar-refractivity contribution is 5.16. The number of rotatable bonds is 4. The fourth-order valence-electron chi connectivity index (χ4n) is 3.43. The summed E-state index contributed by atoms with van der Waals surface area (Å²) in [6.45, 7) is 6.83. The maximum atomic E-state index is 5.76. The van der Waals surface area contributed by atoms with Crippen molar-refractivity contribution in [2.75, 3.05) is 33.4 Å². The van der Waals surface area contributed by atoms with Gasteiger partial charge >= 0.3 is 0 Å². The van der Waals surface area contributed by atoms with E-state index in [0.29, 0.717) is 6.61 Å². The molecule has 0 bridgehead atoms. The van der Waals surface area contributed by atoms with E-state index in [0.717, 1.165) is 45.5 Å². The molecule has 1 atom stereocenters. The lowest BCUT2D eigenvalue weighted by atomic mass is 9.78. The summed E-state index contributed by atoms with van der Waals surface area (Å²) in [5, 5.41) is 3.44. The summed E-state index contributed by atoms with van der Waals surface area (Å²) < 4.78 is 13.6. The molecule has 1 unspecified atom stereocenters. The first-order chi connectivity index (χ1) is 9.68. The van der Waals surface area contributed by atoms with Crippen molar-refractivity contribution in [3.05, 3.63) is 18.2 Å². The van der Waals surface area contributed by atoms with Gasteiger partial charge in [-0.25, -0.2) is 4.98 Å². The lowest BCUT2D eigenvalue weighted by Gasteiger charge is -2.36. The average molecular weight is 279 g/mol. The second-order valence-electron chi connectivity index (χ2n) is 6.41. The lowest BCUT2D eigenvalue weighted by molar-refractivity contribution is -0.0305. The van der Waals surface area contributed by atoms with E-state index in [1.54, 1.807) is 7.11 Å². The molecule has 0 spiro atoms. The van der Waals surface area contributed by atoms with Crippen LogP contribution in [-0.4, -0.2) is 48.6 Å². The number of methoxy groups -OCH3 is 1. The third kappa shape index (κ3) is 2.50. The first kappa shape index (κ1) is 14.0.